The Morgan fingerprint density at radius 2 is 1.85 bits per heavy atom. The van der Waals surface area contributed by atoms with Crippen LogP contribution in [-0.4, -0.2) is 5.24 Å². The summed E-state index contributed by atoms with van der Waals surface area (Å²) in [5.41, 5.74) is 1.88. The van der Waals surface area contributed by atoms with Crippen LogP contribution in [0.25, 0.3) is 0 Å². The van der Waals surface area contributed by atoms with Crippen molar-refractivity contribution in [1.29, 1.82) is 0 Å². The van der Waals surface area contributed by atoms with Crippen LogP contribution in [0.1, 0.15) is 80.1 Å². The van der Waals surface area contributed by atoms with Gasteiger partial charge >= 0.3 is 0 Å². The highest BCUT2D eigenvalue weighted by atomic mass is 35.5. The average molecular weight is 293 g/mol. The molecule has 0 N–H and O–H groups in total. The molecule has 20 heavy (non-hydrogen) atoms. The molecular formula is C18H25ClO. The average Bonchev–Trinajstić information content (AvgIpc) is 2.48. The summed E-state index contributed by atoms with van der Waals surface area (Å²) < 4.78 is 0. The van der Waals surface area contributed by atoms with Crippen molar-refractivity contribution in [3.63, 3.8) is 0 Å². The molecule has 0 aliphatic heterocycles. The van der Waals surface area contributed by atoms with E-state index >= 15 is 0 Å². The van der Waals surface area contributed by atoms with E-state index in [0.717, 1.165) is 5.92 Å². The van der Waals surface area contributed by atoms with Gasteiger partial charge in [0.05, 0.1) is 0 Å². The van der Waals surface area contributed by atoms with E-state index in [9.17, 15) is 4.79 Å². The fourth-order valence-corrected chi connectivity index (χ4v) is 3.65. The zero-order valence-electron chi connectivity index (χ0n) is 12.4. The minimum Gasteiger partial charge on any atom is -0.276 e. The second kappa shape index (κ2) is 7.83. The summed E-state index contributed by atoms with van der Waals surface area (Å²) in [6, 6.07) is 7.86. The maximum atomic E-state index is 11.5. The van der Waals surface area contributed by atoms with Gasteiger partial charge in [0.15, 0.2) is 0 Å². The summed E-state index contributed by atoms with van der Waals surface area (Å²) >= 11 is 5.70. The van der Waals surface area contributed by atoms with Crippen molar-refractivity contribution < 1.29 is 4.79 Å². The van der Waals surface area contributed by atoms with Crippen LogP contribution in [0.5, 0.6) is 0 Å². The number of halogens is 1. The van der Waals surface area contributed by atoms with Crippen molar-refractivity contribution in [3.8, 4) is 0 Å². The van der Waals surface area contributed by atoms with E-state index in [-0.39, 0.29) is 5.24 Å². The minimum absolute atomic E-state index is 0.314. The van der Waals surface area contributed by atoms with Crippen LogP contribution >= 0.6 is 11.6 Å². The molecule has 0 unspecified atom stereocenters. The lowest BCUT2D eigenvalue weighted by molar-refractivity contribution is 0.107. The van der Waals surface area contributed by atoms with E-state index < -0.39 is 0 Å². The van der Waals surface area contributed by atoms with Crippen LogP contribution in [0.2, 0.25) is 0 Å². The van der Waals surface area contributed by atoms with Gasteiger partial charge in [0.1, 0.15) is 0 Å². The lowest BCUT2D eigenvalue weighted by atomic mass is 9.76. The van der Waals surface area contributed by atoms with Crippen molar-refractivity contribution >= 4 is 16.8 Å². The van der Waals surface area contributed by atoms with Crippen LogP contribution in [-0.2, 0) is 0 Å². The molecule has 0 bridgehead atoms. The predicted molar refractivity (Wildman–Crippen MR) is 85.5 cm³/mol. The van der Waals surface area contributed by atoms with Crippen LogP contribution in [0.3, 0.4) is 0 Å². The first-order chi connectivity index (χ1) is 9.72. The molecule has 0 aromatic heterocycles. The molecule has 1 saturated carbocycles. The second-order valence-corrected chi connectivity index (χ2v) is 6.42. The number of carbonyl (C=O) groups is 1. The van der Waals surface area contributed by atoms with Gasteiger partial charge in [-0.15, -0.1) is 0 Å². The Labute approximate surface area is 127 Å². The monoisotopic (exact) mass is 292 g/mol. The standard InChI is InChI=1S/C18H25ClO/c1-2-3-4-7-14-10-12-15(13-11-14)16-8-5-6-9-17(16)18(19)20/h5-6,8-9,14-15H,2-4,7,10-13H2,1H3/t14-,15-. The van der Waals surface area contributed by atoms with Gasteiger partial charge in [-0.1, -0.05) is 50.8 Å². The maximum absolute atomic E-state index is 11.5. The maximum Gasteiger partial charge on any atom is 0.252 e. The van der Waals surface area contributed by atoms with Gasteiger partial charge in [0, 0.05) is 5.56 Å². The fraction of sp³-hybridized carbons (Fsp3) is 0.611. The molecule has 0 amide bonds. The first-order valence-corrected chi connectivity index (χ1v) is 8.39. The van der Waals surface area contributed by atoms with Gasteiger partial charge in [-0.3, -0.25) is 4.79 Å². The van der Waals surface area contributed by atoms with Crippen LogP contribution in [0.15, 0.2) is 24.3 Å². The first kappa shape index (κ1) is 15.6. The topological polar surface area (TPSA) is 17.1 Å². The van der Waals surface area contributed by atoms with Gasteiger partial charge in [0.2, 0.25) is 0 Å². The number of unbranched alkanes of at least 4 members (excludes halogenated alkanes) is 2. The summed E-state index contributed by atoms with van der Waals surface area (Å²) in [6.45, 7) is 2.26. The Morgan fingerprint density at radius 1 is 1.15 bits per heavy atom. The van der Waals surface area contributed by atoms with Gasteiger partial charge in [-0.2, -0.15) is 0 Å². The van der Waals surface area contributed by atoms with E-state index in [4.69, 9.17) is 11.6 Å². The van der Waals surface area contributed by atoms with Crippen LogP contribution in [0, 0.1) is 5.92 Å². The van der Waals surface area contributed by atoms with Gasteiger partial charge in [0.25, 0.3) is 5.24 Å². The lowest BCUT2D eigenvalue weighted by Gasteiger charge is -2.29. The Balaban J connectivity index is 1.92. The molecule has 2 heteroatoms. The largest absolute Gasteiger partial charge is 0.276 e. The summed E-state index contributed by atoms with van der Waals surface area (Å²) in [6.07, 6.45) is 10.5. The molecule has 0 spiro atoms. The molecule has 1 aliphatic rings. The second-order valence-electron chi connectivity index (χ2n) is 6.07. The first-order valence-electron chi connectivity index (χ1n) is 8.01. The van der Waals surface area contributed by atoms with Gasteiger partial charge in [-0.05, 0) is 60.7 Å². The minimum atomic E-state index is -0.314. The highest BCUT2D eigenvalue weighted by Gasteiger charge is 2.24. The molecule has 0 saturated heterocycles. The SMILES string of the molecule is CCCCC[C@H]1CC[C@H](c2ccccc2C(=O)Cl)CC1. The van der Waals surface area contributed by atoms with Crippen molar-refractivity contribution in [3.05, 3.63) is 35.4 Å². The number of hydrogen-bond acceptors (Lipinski definition) is 1. The number of hydrogen-bond donors (Lipinski definition) is 0. The molecule has 2 rings (SSSR count). The number of benzene rings is 1. The van der Waals surface area contributed by atoms with Crippen LogP contribution < -0.4 is 0 Å². The van der Waals surface area contributed by atoms with E-state index in [1.165, 1.54) is 56.9 Å². The van der Waals surface area contributed by atoms with Crippen molar-refractivity contribution in [2.24, 2.45) is 5.92 Å². The summed E-state index contributed by atoms with van der Waals surface area (Å²) in [5, 5.41) is -0.314. The summed E-state index contributed by atoms with van der Waals surface area (Å²) in [5.74, 6) is 1.42. The number of carbonyl (C=O) groups excluding carboxylic acids is 1. The third kappa shape index (κ3) is 4.09. The fourth-order valence-electron chi connectivity index (χ4n) is 3.48. The molecule has 1 aliphatic carbocycles. The molecular weight excluding hydrogens is 268 g/mol. The third-order valence-corrected chi connectivity index (χ3v) is 4.88. The van der Waals surface area contributed by atoms with E-state index in [0.29, 0.717) is 11.5 Å². The summed E-state index contributed by atoms with van der Waals surface area (Å²) in [4.78, 5) is 11.5. The van der Waals surface area contributed by atoms with Crippen molar-refractivity contribution in [2.45, 2.75) is 64.2 Å². The Kier molecular flexibility index (Phi) is 6.09. The third-order valence-electron chi connectivity index (χ3n) is 4.68. The molecule has 1 aromatic carbocycles. The Hall–Kier alpha value is -0.820. The number of rotatable bonds is 6. The van der Waals surface area contributed by atoms with E-state index in [1.54, 1.807) is 0 Å². The van der Waals surface area contributed by atoms with Gasteiger partial charge in [-0.25, -0.2) is 0 Å². The smallest absolute Gasteiger partial charge is 0.252 e. The molecule has 110 valence electrons. The highest BCUT2D eigenvalue weighted by molar-refractivity contribution is 6.67. The Bertz CT molecular complexity index is 433. The quantitative estimate of drug-likeness (QED) is 0.470. The molecule has 0 atom stereocenters. The zero-order chi connectivity index (χ0) is 14.4. The normalized spacial score (nSPS) is 22.7. The van der Waals surface area contributed by atoms with E-state index in [1.807, 2.05) is 18.2 Å². The highest BCUT2D eigenvalue weighted by Crippen LogP contribution is 2.39. The van der Waals surface area contributed by atoms with Gasteiger partial charge < -0.3 is 0 Å². The zero-order valence-corrected chi connectivity index (χ0v) is 13.2. The van der Waals surface area contributed by atoms with Crippen molar-refractivity contribution in [1.82, 2.24) is 0 Å². The van der Waals surface area contributed by atoms with E-state index in [2.05, 4.69) is 13.0 Å². The van der Waals surface area contributed by atoms with Crippen LogP contribution in [0.4, 0.5) is 0 Å². The molecule has 1 aromatic rings. The summed E-state index contributed by atoms with van der Waals surface area (Å²) in [7, 11) is 0. The molecule has 1 fully saturated rings. The predicted octanol–water partition coefficient (Wildman–Crippen LogP) is 5.92. The Morgan fingerprint density at radius 3 is 2.50 bits per heavy atom. The molecule has 1 nitrogen and oxygen atoms in total. The lowest BCUT2D eigenvalue weighted by Crippen LogP contribution is -2.15. The van der Waals surface area contributed by atoms with Crippen molar-refractivity contribution in [2.75, 3.05) is 0 Å². The molecule has 0 heterocycles. The molecule has 0 radical (unpaired) electrons.